The molecule has 0 fully saturated rings. The Bertz CT molecular complexity index is 1040. The van der Waals surface area contributed by atoms with Gasteiger partial charge in [-0.15, -0.1) is 0 Å². The van der Waals surface area contributed by atoms with Crippen LogP contribution in [0.25, 0.3) is 0 Å². The van der Waals surface area contributed by atoms with Gasteiger partial charge in [-0.05, 0) is 60.4 Å². The summed E-state index contributed by atoms with van der Waals surface area (Å²) in [4.78, 5) is 24.2. The molecule has 1 aliphatic rings. The van der Waals surface area contributed by atoms with Crippen molar-refractivity contribution in [3.05, 3.63) is 58.6 Å². The number of hydrogen-bond donors (Lipinski definition) is 1. The molecule has 29 heavy (non-hydrogen) atoms. The standard InChI is InChI=1S/C20H21ClN2O5S/c1-13(24)23(9-8-20(25)26)18-5-2-14-10-17(11-15(14)12-18)22-29(27,28)19-6-3-16(21)4-7-19/h2-7,12,17,22H,8-11H2,1H3,(H,25,26)/p-1. The predicted octanol–water partition coefficient (Wildman–Crippen LogP) is 1.28. The number of aliphatic carboxylic acids is 1. The Morgan fingerprint density at radius 1 is 1.14 bits per heavy atom. The van der Waals surface area contributed by atoms with Gasteiger partial charge in [-0.3, -0.25) is 4.79 Å². The van der Waals surface area contributed by atoms with E-state index in [4.69, 9.17) is 11.6 Å². The van der Waals surface area contributed by atoms with Crippen molar-refractivity contribution in [1.82, 2.24) is 4.72 Å². The summed E-state index contributed by atoms with van der Waals surface area (Å²) in [5.41, 5.74) is 2.49. The molecular formula is C20H20ClN2O5S-. The summed E-state index contributed by atoms with van der Waals surface area (Å²) >= 11 is 5.82. The van der Waals surface area contributed by atoms with E-state index in [1.165, 1.54) is 36.1 Å². The predicted molar refractivity (Wildman–Crippen MR) is 107 cm³/mol. The van der Waals surface area contributed by atoms with Crippen molar-refractivity contribution >= 4 is 39.2 Å². The first kappa shape index (κ1) is 21.3. The monoisotopic (exact) mass is 435 g/mol. The Hall–Kier alpha value is -2.42. The lowest BCUT2D eigenvalue weighted by atomic mass is 10.1. The molecule has 0 heterocycles. The number of carboxylic acid groups (broad SMARTS) is 1. The van der Waals surface area contributed by atoms with Crippen molar-refractivity contribution in [2.75, 3.05) is 11.4 Å². The van der Waals surface area contributed by atoms with Crippen LogP contribution in [-0.2, 0) is 32.5 Å². The van der Waals surface area contributed by atoms with Gasteiger partial charge in [-0.1, -0.05) is 17.7 Å². The van der Waals surface area contributed by atoms with Crippen molar-refractivity contribution in [3.8, 4) is 0 Å². The van der Waals surface area contributed by atoms with Crippen molar-refractivity contribution in [1.29, 1.82) is 0 Å². The van der Waals surface area contributed by atoms with Crippen LogP contribution < -0.4 is 14.7 Å². The number of hydrogen-bond acceptors (Lipinski definition) is 5. The first-order valence-corrected chi connectivity index (χ1v) is 10.9. The lowest BCUT2D eigenvalue weighted by molar-refractivity contribution is -0.305. The topological polar surface area (TPSA) is 107 Å². The molecule has 9 heteroatoms. The summed E-state index contributed by atoms with van der Waals surface area (Å²) in [6.45, 7) is 1.38. The molecular weight excluding hydrogens is 416 g/mol. The number of nitrogens with one attached hydrogen (secondary N) is 1. The number of carbonyl (C=O) groups is 2. The van der Waals surface area contributed by atoms with Crippen LogP contribution in [0.15, 0.2) is 47.4 Å². The van der Waals surface area contributed by atoms with E-state index in [0.29, 0.717) is 23.6 Å². The maximum absolute atomic E-state index is 12.6. The van der Waals surface area contributed by atoms with Crippen LogP contribution in [0, 0.1) is 0 Å². The van der Waals surface area contributed by atoms with E-state index in [1.54, 1.807) is 6.07 Å². The molecule has 1 amide bonds. The summed E-state index contributed by atoms with van der Waals surface area (Å²) in [6.07, 6.45) is 0.740. The zero-order valence-electron chi connectivity index (χ0n) is 15.7. The molecule has 0 saturated carbocycles. The molecule has 1 N–H and O–H groups in total. The van der Waals surface area contributed by atoms with Gasteiger partial charge in [0.15, 0.2) is 0 Å². The van der Waals surface area contributed by atoms with Crippen molar-refractivity contribution in [2.24, 2.45) is 0 Å². The molecule has 0 radical (unpaired) electrons. The fourth-order valence-corrected chi connectivity index (χ4v) is 4.79. The summed E-state index contributed by atoms with van der Waals surface area (Å²) in [5.74, 6) is -1.50. The fourth-order valence-electron chi connectivity index (χ4n) is 3.43. The molecule has 0 aromatic heterocycles. The van der Waals surface area contributed by atoms with Gasteiger partial charge in [0, 0.05) is 42.6 Å². The summed E-state index contributed by atoms with van der Waals surface area (Å²) < 4.78 is 27.9. The van der Waals surface area contributed by atoms with Crippen LogP contribution in [0.2, 0.25) is 5.02 Å². The van der Waals surface area contributed by atoms with Gasteiger partial charge >= 0.3 is 0 Å². The number of nitrogens with zero attached hydrogens (tertiary/aromatic N) is 1. The van der Waals surface area contributed by atoms with E-state index in [2.05, 4.69) is 4.72 Å². The van der Waals surface area contributed by atoms with Gasteiger partial charge in [-0.2, -0.15) is 0 Å². The first-order chi connectivity index (χ1) is 13.7. The first-order valence-electron chi connectivity index (χ1n) is 9.03. The summed E-state index contributed by atoms with van der Waals surface area (Å²) in [5, 5.41) is 11.2. The van der Waals surface area contributed by atoms with E-state index in [-0.39, 0.29) is 29.8 Å². The molecule has 0 aliphatic heterocycles. The highest BCUT2D eigenvalue weighted by Crippen LogP contribution is 2.28. The third kappa shape index (κ3) is 5.14. The Morgan fingerprint density at radius 3 is 2.41 bits per heavy atom. The molecule has 2 aromatic rings. The van der Waals surface area contributed by atoms with Crippen molar-refractivity contribution < 1.29 is 23.1 Å². The van der Waals surface area contributed by atoms with Crippen molar-refractivity contribution in [2.45, 2.75) is 37.1 Å². The van der Waals surface area contributed by atoms with Crippen LogP contribution in [0.4, 0.5) is 5.69 Å². The number of carbonyl (C=O) groups excluding carboxylic acids is 2. The summed E-state index contributed by atoms with van der Waals surface area (Å²) in [6, 6.07) is 11.0. The highest BCUT2D eigenvalue weighted by molar-refractivity contribution is 7.89. The van der Waals surface area contributed by atoms with E-state index < -0.39 is 16.0 Å². The maximum atomic E-state index is 12.6. The number of fused-ring (bicyclic) bond motifs is 1. The second-order valence-corrected chi connectivity index (χ2v) is 9.08. The smallest absolute Gasteiger partial charge is 0.240 e. The quantitative estimate of drug-likeness (QED) is 0.705. The average molecular weight is 436 g/mol. The number of sulfonamides is 1. The van der Waals surface area contributed by atoms with Crippen LogP contribution in [0.1, 0.15) is 24.5 Å². The zero-order valence-corrected chi connectivity index (χ0v) is 17.3. The number of rotatable bonds is 7. The molecule has 0 bridgehead atoms. The summed E-state index contributed by atoms with van der Waals surface area (Å²) in [7, 11) is -3.68. The third-order valence-electron chi connectivity index (χ3n) is 4.80. The fraction of sp³-hybridized carbons (Fsp3) is 0.300. The van der Waals surface area contributed by atoms with Gasteiger partial charge in [-0.25, -0.2) is 13.1 Å². The minimum absolute atomic E-state index is 0.0169. The van der Waals surface area contributed by atoms with Crippen LogP contribution in [-0.4, -0.2) is 32.9 Å². The number of amides is 1. The Balaban J connectivity index is 1.74. The Morgan fingerprint density at radius 2 is 1.79 bits per heavy atom. The van der Waals surface area contributed by atoms with E-state index in [0.717, 1.165) is 11.1 Å². The molecule has 7 nitrogen and oxygen atoms in total. The minimum atomic E-state index is -3.68. The largest absolute Gasteiger partial charge is 0.550 e. The second-order valence-electron chi connectivity index (χ2n) is 6.93. The molecule has 1 atom stereocenters. The minimum Gasteiger partial charge on any atom is -0.550 e. The molecule has 154 valence electrons. The van der Waals surface area contributed by atoms with E-state index in [9.17, 15) is 23.1 Å². The Labute approximate surface area is 174 Å². The van der Waals surface area contributed by atoms with Gasteiger partial charge in [0.05, 0.1) is 4.90 Å². The molecule has 1 aliphatic carbocycles. The Kier molecular flexibility index (Phi) is 6.26. The number of halogens is 1. The normalized spacial score (nSPS) is 15.7. The lowest BCUT2D eigenvalue weighted by Crippen LogP contribution is -2.35. The number of anilines is 1. The molecule has 3 rings (SSSR count). The molecule has 0 spiro atoms. The zero-order chi connectivity index (χ0) is 21.2. The van der Waals surface area contributed by atoms with Crippen LogP contribution in [0.3, 0.4) is 0 Å². The average Bonchev–Trinajstić information content (AvgIpc) is 3.02. The van der Waals surface area contributed by atoms with Gasteiger partial charge in [0.1, 0.15) is 0 Å². The van der Waals surface area contributed by atoms with Crippen LogP contribution in [0.5, 0.6) is 0 Å². The van der Waals surface area contributed by atoms with Gasteiger partial charge in [0.25, 0.3) is 0 Å². The molecule has 2 aromatic carbocycles. The molecule has 0 saturated heterocycles. The second kappa shape index (κ2) is 8.52. The van der Waals surface area contributed by atoms with Crippen LogP contribution >= 0.6 is 11.6 Å². The van der Waals surface area contributed by atoms with Gasteiger partial charge < -0.3 is 14.8 Å². The van der Waals surface area contributed by atoms with E-state index >= 15 is 0 Å². The van der Waals surface area contributed by atoms with Gasteiger partial charge in [0.2, 0.25) is 15.9 Å². The van der Waals surface area contributed by atoms with Crippen molar-refractivity contribution in [3.63, 3.8) is 0 Å². The highest BCUT2D eigenvalue weighted by Gasteiger charge is 2.27. The maximum Gasteiger partial charge on any atom is 0.240 e. The molecule has 1 unspecified atom stereocenters. The number of carboxylic acids is 1. The SMILES string of the molecule is CC(=O)N(CCC(=O)[O-])c1ccc2c(c1)CC(NS(=O)(=O)c1ccc(Cl)cc1)C2. The van der Waals surface area contributed by atoms with E-state index in [1.807, 2.05) is 12.1 Å². The number of benzene rings is 2. The highest BCUT2D eigenvalue weighted by atomic mass is 35.5. The lowest BCUT2D eigenvalue weighted by Gasteiger charge is -2.22. The third-order valence-corrected chi connectivity index (χ3v) is 6.59.